The van der Waals surface area contributed by atoms with E-state index in [1.54, 1.807) is 0 Å². The number of hydrogen-bond donors (Lipinski definition) is 1. The normalized spacial score (nSPS) is 22.3. The number of likely N-dealkylation sites (N-methyl/N-ethyl adjacent to an activating group) is 1. The lowest BCUT2D eigenvalue weighted by Crippen LogP contribution is -2.34. The highest BCUT2D eigenvalue weighted by molar-refractivity contribution is 6.30. The molecule has 4 rings (SSSR count). The number of alkyl halides is 3. The number of anilines is 2. The van der Waals surface area contributed by atoms with Crippen LogP contribution in [0.5, 0.6) is 0 Å². The first kappa shape index (κ1) is 17.5. The quantitative estimate of drug-likeness (QED) is 0.774. The van der Waals surface area contributed by atoms with Gasteiger partial charge in [-0.05, 0) is 48.1 Å². The van der Waals surface area contributed by atoms with E-state index in [2.05, 4.69) is 39.2 Å². The fraction of sp³-hybridized carbons (Fsp3) is 0.444. The maximum absolute atomic E-state index is 12.8. The molecule has 0 radical (unpaired) electrons. The Bertz CT molecular complexity index is 840. The largest absolute Gasteiger partial charge is 0.420 e. The Hall–Kier alpha value is -1.86. The molecule has 1 saturated heterocycles. The zero-order valence-corrected chi connectivity index (χ0v) is 14.9. The molecule has 0 spiro atoms. The van der Waals surface area contributed by atoms with Crippen LogP contribution in [-0.2, 0) is 6.18 Å². The standard InChI is InChI=1S/C18H18ClF3N4/c1-2-26-8-10-5-11(9-26)14-6-12(3-4-13(10)14)24-17-23-7-15(16(19)25-17)18(20,21)22/h3-4,6-7,10-11H,2,5,8-9H2,1H3,(H,23,24,25). The number of hydrogen-bond acceptors (Lipinski definition) is 4. The van der Waals surface area contributed by atoms with E-state index in [1.165, 1.54) is 11.1 Å². The topological polar surface area (TPSA) is 41.0 Å². The van der Waals surface area contributed by atoms with E-state index in [-0.39, 0.29) is 5.95 Å². The average molecular weight is 383 g/mol. The van der Waals surface area contributed by atoms with Gasteiger partial charge in [-0.1, -0.05) is 24.6 Å². The van der Waals surface area contributed by atoms with Gasteiger partial charge in [-0.3, -0.25) is 0 Å². The van der Waals surface area contributed by atoms with Crippen LogP contribution in [0.25, 0.3) is 0 Å². The van der Waals surface area contributed by atoms with Gasteiger partial charge >= 0.3 is 6.18 Å². The zero-order valence-electron chi connectivity index (χ0n) is 14.1. The highest BCUT2D eigenvalue weighted by Gasteiger charge is 2.37. The number of halogens is 4. The summed E-state index contributed by atoms with van der Waals surface area (Å²) in [6.07, 6.45) is -2.69. The minimum atomic E-state index is -4.56. The lowest BCUT2D eigenvalue weighted by Gasteiger charge is -2.30. The third-order valence-electron chi connectivity index (χ3n) is 5.24. The van der Waals surface area contributed by atoms with Crippen LogP contribution >= 0.6 is 11.6 Å². The van der Waals surface area contributed by atoms with E-state index in [0.29, 0.717) is 18.0 Å². The number of benzene rings is 1. The Morgan fingerprint density at radius 2 is 1.96 bits per heavy atom. The number of likely N-dealkylation sites (tertiary alicyclic amines) is 1. The molecule has 2 bridgehead atoms. The third kappa shape index (κ3) is 3.14. The molecular formula is C18H18ClF3N4. The van der Waals surface area contributed by atoms with Crippen LogP contribution in [0.15, 0.2) is 24.4 Å². The van der Waals surface area contributed by atoms with E-state index < -0.39 is 16.9 Å². The molecule has 1 aromatic carbocycles. The first-order valence-electron chi connectivity index (χ1n) is 8.58. The molecule has 2 aliphatic rings. The monoisotopic (exact) mass is 382 g/mol. The molecule has 26 heavy (non-hydrogen) atoms. The van der Waals surface area contributed by atoms with E-state index in [9.17, 15) is 13.2 Å². The van der Waals surface area contributed by atoms with Crippen LogP contribution in [0.1, 0.15) is 41.9 Å². The lowest BCUT2D eigenvalue weighted by molar-refractivity contribution is -0.137. The highest BCUT2D eigenvalue weighted by atomic mass is 35.5. The van der Waals surface area contributed by atoms with Crippen molar-refractivity contribution in [1.29, 1.82) is 0 Å². The SMILES string of the molecule is CCN1CC2CC(C1)c1cc(Nc3ncc(C(F)(F)F)c(Cl)n3)ccc12. The van der Waals surface area contributed by atoms with Gasteiger partial charge in [-0.2, -0.15) is 13.2 Å². The Kier molecular flexibility index (Phi) is 4.31. The van der Waals surface area contributed by atoms with Crippen LogP contribution < -0.4 is 5.32 Å². The number of nitrogens with one attached hydrogen (secondary N) is 1. The first-order chi connectivity index (χ1) is 12.3. The van der Waals surface area contributed by atoms with Crippen molar-refractivity contribution in [2.24, 2.45) is 0 Å². The number of rotatable bonds is 3. The Morgan fingerprint density at radius 1 is 1.23 bits per heavy atom. The van der Waals surface area contributed by atoms with E-state index in [4.69, 9.17) is 11.6 Å². The van der Waals surface area contributed by atoms with Gasteiger partial charge in [0.05, 0.1) is 0 Å². The predicted octanol–water partition coefficient (Wildman–Crippen LogP) is 4.80. The second-order valence-corrected chi connectivity index (χ2v) is 7.20. The summed E-state index contributed by atoms with van der Waals surface area (Å²) < 4.78 is 38.3. The van der Waals surface area contributed by atoms with Crippen LogP contribution in [0, 0.1) is 0 Å². The maximum atomic E-state index is 12.8. The molecular weight excluding hydrogens is 365 g/mol. The summed E-state index contributed by atoms with van der Waals surface area (Å²) in [6.45, 7) is 5.36. The van der Waals surface area contributed by atoms with Gasteiger partial charge in [0, 0.05) is 25.0 Å². The van der Waals surface area contributed by atoms with E-state index in [1.807, 2.05) is 6.07 Å². The third-order valence-corrected chi connectivity index (χ3v) is 5.53. The fourth-order valence-corrected chi connectivity index (χ4v) is 4.25. The van der Waals surface area contributed by atoms with Crippen LogP contribution in [0.2, 0.25) is 5.15 Å². The summed E-state index contributed by atoms with van der Waals surface area (Å²) in [5.41, 5.74) is 2.42. The van der Waals surface area contributed by atoms with Crippen molar-refractivity contribution in [1.82, 2.24) is 14.9 Å². The van der Waals surface area contributed by atoms with Gasteiger partial charge in [0.15, 0.2) is 0 Å². The van der Waals surface area contributed by atoms with Crippen LogP contribution in [0.4, 0.5) is 24.8 Å². The van der Waals surface area contributed by atoms with Crippen LogP contribution in [0.3, 0.4) is 0 Å². The van der Waals surface area contributed by atoms with Gasteiger partial charge in [0.1, 0.15) is 10.7 Å². The second kappa shape index (κ2) is 6.39. The van der Waals surface area contributed by atoms with Crippen molar-refractivity contribution in [3.8, 4) is 0 Å². The fourth-order valence-electron chi connectivity index (χ4n) is 4.02. The van der Waals surface area contributed by atoms with Crippen molar-refractivity contribution in [3.63, 3.8) is 0 Å². The molecule has 2 atom stereocenters. The second-order valence-electron chi connectivity index (χ2n) is 6.85. The molecule has 1 aliphatic heterocycles. The first-order valence-corrected chi connectivity index (χ1v) is 8.96. The van der Waals surface area contributed by atoms with Crippen molar-refractivity contribution in [2.45, 2.75) is 31.4 Å². The molecule has 1 N–H and O–H groups in total. The smallest absolute Gasteiger partial charge is 0.324 e. The minimum absolute atomic E-state index is 0.0547. The van der Waals surface area contributed by atoms with E-state index >= 15 is 0 Å². The van der Waals surface area contributed by atoms with Gasteiger partial charge in [-0.15, -0.1) is 0 Å². The molecule has 0 saturated carbocycles. The minimum Gasteiger partial charge on any atom is -0.324 e. The summed E-state index contributed by atoms with van der Waals surface area (Å²) in [5.74, 6) is 1.12. The Morgan fingerprint density at radius 3 is 2.62 bits per heavy atom. The summed E-state index contributed by atoms with van der Waals surface area (Å²) in [5, 5.41) is 2.36. The molecule has 2 unspecified atom stereocenters. The van der Waals surface area contributed by atoms with Crippen molar-refractivity contribution < 1.29 is 13.2 Å². The summed E-state index contributed by atoms with van der Waals surface area (Å²) >= 11 is 5.66. The molecule has 8 heteroatoms. The molecule has 1 aliphatic carbocycles. The predicted molar refractivity (Wildman–Crippen MR) is 94.0 cm³/mol. The average Bonchev–Trinajstić information content (AvgIpc) is 2.84. The van der Waals surface area contributed by atoms with Crippen molar-refractivity contribution in [2.75, 3.05) is 25.0 Å². The number of fused-ring (bicyclic) bond motifs is 5. The lowest BCUT2D eigenvalue weighted by atomic mass is 9.96. The summed E-state index contributed by atoms with van der Waals surface area (Å²) in [4.78, 5) is 9.95. The highest BCUT2D eigenvalue weighted by Crippen LogP contribution is 2.46. The Balaban J connectivity index is 1.57. The van der Waals surface area contributed by atoms with Gasteiger partial charge < -0.3 is 10.2 Å². The van der Waals surface area contributed by atoms with Gasteiger partial charge in [-0.25, -0.2) is 9.97 Å². The maximum Gasteiger partial charge on any atom is 0.420 e. The molecule has 4 nitrogen and oxygen atoms in total. The van der Waals surface area contributed by atoms with Gasteiger partial charge in [0.2, 0.25) is 5.95 Å². The number of aromatic nitrogens is 2. The van der Waals surface area contributed by atoms with Crippen molar-refractivity contribution in [3.05, 3.63) is 46.2 Å². The van der Waals surface area contributed by atoms with Gasteiger partial charge in [0.25, 0.3) is 0 Å². The summed E-state index contributed by atoms with van der Waals surface area (Å²) in [7, 11) is 0. The zero-order chi connectivity index (χ0) is 18.5. The molecule has 0 amide bonds. The number of piperidine rings is 1. The molecule has 1 aromatic heterocycles. The molecule has 2 heterocycles. The van der Waals surface area contributed by atoms with Crippen molar-refractivity contribution >= 4 is 23.2 Å². The van der Waals surface area contributed by atoms with E-state index in [0.717, 1.165) is 31.7 Å². The Labute approximate surface area is 154 Å². The number of nitrogens with zero attached hydrogens (tertiary/aromatic N) is 3. The molecule has 138 valence electrons. The van der Waals surface area contributed by atoms with Crippen LogP contribution in [-0.4, -0.2) is 34.5 Å². The molecule has 1 fully saturated rings. The molecule has 2 aromatic rings. The summed E-state index contributed by atoms with van der Waals surface area (Å²) in [6, 6.07) is 6.09.